The van der Waals surface area contributed by atoms with E-state index in [1.165, 1.54) is 19.3 Å². The van der Waals surface area contributed by atoms with Crippen molar-refractivity contribution in [3.05, 3.63) is 23.7 Å². The van der Waals surface area contributed by atoms with Gasteiger partial charge in [-0.3, -0.25) is 0 Å². The van der Waals surface area contributed by atoms with Crippen LogP contribution in [0, 0.1) is 0 Å². The van der Waals surface area contributed by atoms with Gasteiger partial charge in [0.2, 0.25) is 0 Å². The highest BCUT2D eigenvalue weighted by molar-refractivity contribution is 5.05. The van der Waals surface area contributed by atoms with E-state index in [0.717, 1.165) is 11.5 Å². The van der Waals surface area contributed by atoms with E-state index in [2.05, 4.69) is 0 Å². The van der Waals surface area contributed by atoms with Crippen LogP contribution < -0.4 is 5.73 Å². The monoisotopic (exact) mass is 181 g/mol. The van der Waals surface area contributed by atoms with Gasteiger partial charge in [0.25, 0.3) is 0 Å². The minimum absolute atomic E-state index is 0.462. The maximum absolute atomic E-state index is 5.59. The molecule has 1 aromatic heterocycles. The number of rotatable bonds is 4. The third-order valence-electron chi connectivity index (χ3n) is 2.43. The molecule has 2 N–H and O–H groups in total. The first kappa shape index (κ1) is 8.78. The molecule has 0 aromatic carbocycles. The Morgan fingerprint density at radius 1 is 1.38 bits per heavy atom. The van der Waals surface area contributed by atoms with Crippen molar-refractivity contribution >= 4 is 0 Å². The second kappa shape index (κ2) is 3.94. The summed E-state index contributed by atoms with van der Waals surface area (Å²) in [6.07, 6.45) is 4.16. The van der Waals surface area contributed by atoms with E-state index >= 15 is 0 Å². The van der Waals surface area contributed by atoms with Gasteiger partial charge in [0.05, 0.1) is 12.6 Å². The molecule has 1 saturated carbocycles. The van der Waals surface area contributed by atoms with Gasteiger partial charge in [0.15, 0.2) is 0 Å². The average Bonchev–Trinajstić information content (AvgIpc) is 2.49. The number of furan rings is 1. The van der Waals surface area contributed by atoms with Crippen LogP contribution in [-0.2, 0) is 17.9 Å². The van der Waals surface area contributed by atoms with Crippen LogP contribution in [0.15, 0.2) is 16.5 Å². The summed E-state index contributed by atoms with van der Waals surface area (Å²) >= 11 is 0. The zero-order chi connectivity index (χ0) is 9.10. The van der Waals surface area contributed by atoms with Crippen molar-refractivity contribution < 1.29 is 9.15 Å². The van der Waals surface area contributed by atoms with Gasteiger partial charge in [0.1, 0.15) is 18.1 Å². The van der Waals surface area contributed by atoms with Crippen molar-refractivity contribution in [3.8, 4) is 0 Å². The van der Waals surface area contributed by atoms with Crippen LogP contribution in [0.4, 0.5) is 0 Å². The smallest absolute Gasteiger partial charge is 0.129 e. The maximum Gasteiger partial charge on any atom is 0.129 e. The van der Waals surface area contributed by atoms with Crippen LogP contribution >= 0.6 is 0 Å². The molecule has 0 saturated heterocycles. The molecule has 0 amide bonds. The highest BCUT2D eigenvalue weighted by Crippen LogP contribution is 2.23. The lowest BCUT2D eigenvalue weighted by Crippen LogP contribution is -2.20. The number of hydrogen-bond donors (Lipinski definition) is 1. The van der Waals surface area contributed by atoms with Gasteiger partial charge in [-0.2, -0.15) is 0 Å². The second-order valence-corrected chi connectivity index (χ2v) is 3.44. The fraction of sp³-hybridized carbons (Fsp3) is 0.600. The molecule has 0 radical (unpaired) electrons. The Balaban J connectivity index is 1.79. The van der Waals surface area contributed by atoms with Gasteiger partial charge in [-0.25, -0.2) is 0 Å². The first-order chi connectivity index (χ1) is 6.38. The Kier molecular flexibility index (Phi) is 2.66. The zero-order valence-corrected chi connectivity index (χ0v) is 7.66. The number of nitrogens with two attached hydrogens (primary N) is 1. The van der Waals surface area contributed by atoms with Crippen LogP contribution in [-0.4, -0.2) is 6.10 Å². The fourth-order valence-corrected chi connectivity index (χ4v) is 1.35. The fourth-order valence-electron chi connectivity index (χ4n) is 1.35. The van der Waals surface area contributed by atoms with E-state index in [0.29, 0.717) is 19.3 Å². The molecule has 1 heterocycles. The van der Waals surface area contributed by atoms with Gasteiger partial charge >= 0.3 is 0 Å². The molecule has 2 rings (SSSR count). The molecule has 1 aliphatic carbocycles. The van der Waals surface area contributed by atoms with Crippen molar-refractivity contribution in [3.63, 3.8) is 0 Å². The zero-order valence-electron chi connectivity index (χ0n) is 7.66. The summed E-state index contributed by atoms with van der Waals surface area (Å²) in [6, 6.07) is 3.83. The van der Waals surface area contributed by atoms with Gasteiger partial charge < -0.3 is 14.9 Å². The van der Waals surface area contributed by atoms with Crippen molar-refractivity contribution in [1.82, 2.24) is 0 Å². The number of hydrogen-bond acceptors (Lipinski definition) is 3. The van der Waals surface area contributed by atoms with Gasteiger partial charge in [0, 0.05) is 0 Å². The van der Waals surface area contributed by atoms with Crippen molar-refractivity contribution in [2.24, 2.45) is 5.73 Å². The normalized spacial score (nSPS) is 17.3. The van der Waals surface area contributed by atoms with Crippen LogP contribution in [0.1, 0.15) is 30.8 Å². The number of ether oxygens (including phenoxy) is 1. The van der Waals surface area contributed by atoms with E-state index in [9.17, 15) is 0 Å². The molecule has 0 atom stereocenters. The minimum atomic E-state index is 0.462. The standard InChI is InChI=1S/C10H15NO2/c11-6-9-4-5-10(13-9)7-12-8-2-1-3-8/h4-5,8H,1-3,6-7,11H2. The highest BCUT2D eigenvalue weighted by atomic mass is 16.5. The predicted molar refractivity (Wildman–Crippen MR) is 49.0 cm³/mol. The minimum Gasteiger partial charge on any atom is -0.462 e. The summed E-state index contributed by atoms with van der Waals surface area (Å²) in [6.45, 7) is 1.05. The van der Waals surface area contributed by atoms with Crippen LogP contribution in [0.3, 0.4) is 0 Å². The average molecular weight is 181 g/mol. The maximum atomic E-state index is 5.59. The molecule has 0 bridgehead atoms. The molecular weight excluding hydrogens is 166 g/mol. The first-order valence-electron chi connectivity index (χ1n) is 4.78. The molecule has 1 aliphatic rings. The lowest BCUT2D eigenvalue weighted by atomic mass is 9.96. The molecular formula is C10H15NO2. The van der Waals surface area contributed by atoms with Crippen LogP contribution in [0.5, 0.6) is 0 Å². The molecule has 1 aromatic rings. The largest absolute Gasteiger partial charge is 0.462 e. The molecule has 13 heavy (non-hydrogen) atoms. The highest BCUT2D eigenvalue weighted by Gasteiger charge is 2.18. The summed E-state index contributed by atoms with van der Waals surface area (Å²) in [5.41, 5.74) is 5.42. The topological polar surface area (TPSA) is 48.4 Å². The van der Waals surface area contributed by atoms with E-state index in [1.807, 2.05) is 12.1 Å². The third kappa shape index (κ3) is 2.11. The summed E-state index contributed by atoms with van der Waals surface area (Å²) in [4.78, 5) is 0. The lowest BCUT2D eigenvalue weighted by Gasteiger charge is -2.24. The Morgan fingerprint density at radius 3 is 2.69 bits per heavy atom. The van der Waals surface area contributed by atoms with Gasteiger partial charge in [-0.05, 0) is 31.4 Å². The second-order valence-electron chi connectivity index (χ2n) is 3.44. The SMILES string of the molecule is NCc1ccc(COC2CCC2)o1. The summed E-state index contributed by atoms with van der Waals surface area (Å²) in [5.74, 6) is 1.71. The van der Waals surface area contributed by atoms with E-state index in [-0.39, 0.29) is 0 Å². The molecule has 0 unspecified atom stereocenters. The van der Waals surface area contributed by atoms with E-state index < -0.39 is 0 Å². The van der Waals surface area contributed by atoms with Crippen molar-refractivity contribution in [2.45, 2.75) is 38.5 Å². The van der Waals surface area contributed by atoms with E-state index in [1.54, 1.807) is 0 Å². The Hall–Kier alpha value is -0.800. The Labute approximate surface area is 77.9 Å². The molecule has 3 nitrogen and oxygen atoms in total. The lowest BCUT2D eigenvalue weighted by molar-refractivity contribution is -0.0160. The van der Waals surface area contributed by atoms with Gasteiger partial charge in [-0.15, -0.1) is 0 Å². The predicted octanol–water partition coefficient (Wildman–Crippen LogP) is 1.81. The van der Waals surface area contributed by atoms with E-state index in [4.69, 9.17) is 14.9 Å². The molecule has 3 heteroatoms. The van der Waals surface area contributed by atoms with Crippen molar-refractivity contribution in [1.29, 1.82) is 0 Å². The Morgan fingerprint density at radius 2 is 2.15 bits per heavy atom. The molecule has 0 spiro atoms. The summed E-state index contributed by atoms with van der Waals surface area (Å²) in [7, 11) is 0. The first-order valence-corrected chi connectivity index (χ1v) is 4.78. The molecule has 0 aliphatic heterocycles. The summed E-state index contributed by atoms with van der Waals surface area (Å²) in [5, 5.41) is 0. The summed E-state index contributed by atoms with van der Waals surface area (Å²) < 4.78 is 11.0. The third-order valence-corrected chi connectivity index (χ3v) is 2.43. The van der Waals surface area contributed by atoms with Gasteiger partial charge in [-0.1, -0.05) is 0 Å². The molecule has 1 fully saturated rings. The molecule has 72 valence electrons. The van der Waals surface area contributed by atoms with Crippen LogP contribution in [0.25, 0.3) is 0 Å². The quantitative estimate of drug-likeness (QED) is 0.770. The van der Waals surface area contributed by atoms with Crippen LogP contribution in [0.2, 0.25) is 0 Å². The Bertz CT molecular complexity index is 266. The van der Waals surface area contributed by atoms with Crippen molar-refractivity contribution in [2.75, 3.05) is 0 Å².